The van der Waals surface area contributed by atoms with Gasteiger partial charge in [-0.2, -0.15) is 10.4 Å². The number of carbonyl (C=O) groups is 1. The molecule has 2 aromatic heterocycles. The van der Waals surface area contributed by atoms with Crippen molar-refractivity contribution in [3.8, 4) is 11.8 Å². The molecule has 146 valence electrons. The minimum atomic E-state index is -1.06. The number of carbonyl (C=O) groups excluding carboxylic acids is 1. The summed E-state index contributed by atoms with van der Waals surface area (Å²) in [6.07, 6.45) is 3.37. The molecule has 0 aliphatic carbocycles. The lowest BCUT2D eigenvalue weighted by Crippen LogP contribution is -2.58. The predicted molar refractivity (Wildman–Crippen MR) is 114 cm³/mol. The summed E-state index contributed by atoms with van der Waals surface area (Å²) in [7, 11) is 0. The molecule has 0 amide bonds. The van der Waals surface area contributed by atoms with Crippen LogP contribution in [0.5, 0.6) is 0 Å². The highest BCUT2D eigenvalue weighted by atomic mass is 32.1. The van der Waals surface area contributed by atoms with E-state index in [1.165, 1.54) is 11.3 Å². The molecule has 5 nitrogen and oxygen atoms in total. The van der Waals surface area contributed by atoms with Crippen molar-refractivity contribution in [2.24, 2.45) is 5.41 Å². The topological polar surface area (TPSA) is 61.9 Å². The molecule has 6 heteroatoms. The van der Waals surface area contributed by atoms with Crippen molar-refractivity contribution in [3.63, 3.8) is 0 Å². The Morgan fingerprint density at radius 2 is 2.07 bits per heavy atom. The smallest absolute Gasteiger partial charge is 0.195 e. The monoisotopic (exact) mass is 402 g/mol. The second-order valence-electron chi connectivity index (χ2n) is 7.91. The molecule has 2 atom stereocenters. The number of anilines is 1. The number of Topliss-reactive ketones (excluding diaryl/α,β-unsaturated/α-hetero) is 1. The van der Waals surface area contributed by atoms with Crippen LogP contribution >= 0.6 is 11.3 Å². The molecule has 1 saturated heterocycles. The van der Waals surface area contributed by atoms with Crippen LogP contribution in [-0.2, 0) is 6.42 Å². The van der Waals surface area contributed by atoms with E-state index in [1.807, 2.05) is 47.3 Å². The number of aryl methyl sites for hydroxylation is 1. The van der Waals surface area contributed by atoms with E-state index in [0.29, 0.717) is 11.3 Å². The van der Waals surface area contributed by atoms with Crippen LogP contribution in [0.25, 0.3) is 5.69 Å². The first-order valence-corrected chi connectivity index (χ1v) is 10.9. The molecule has 0 spiro atoms. The van der Waals surface area contributed by atoms with Gasteiger partial charge in [-0.25, -0.2) is 4.68 Å². The van der Waals surface area contributed by atoms with E-state index in [9.17, 15) is 10.1 Å². The van der Waals surface area contributed by atoms with Gasteiger partial charge in [0.25, 0.3) is 0 Å². The standard InChI is InChI=1S/C23H22N4OS/c1-16-18-14-23(15-24,21(28)19-10-7-13-29-19)20-11-5-6-12-26(20)22(18)27(25-16)17-8-3-2-4-9-17/h2-4,7-10,13,20H,5-6,11-12,14H2,1H3. The number of rotatable bonds is 3. The Kier molecular flexibility index (Phi) is 4.29. The number of benzene rings is 1. The Labute approximate surface area is 174 Å². The third-order valence-electron chi connectivity index (χ3n) is 6.31. The van der Waals surface area contributed by atoms with E-state index in [4.69, 9.17) is 5.10 Å². The van der Waals surface area contributed by atoms with Crippen molar-refractivity contribution in [2.45, 2.75) is 38.6 Å². The highest BCUT2D eigenvalue weighted by Crippen LogP contribution is 2.48. The number of nitrogens with zero attached hydrogens (tertiary/aromatic N) is 4. The average Bonchev–Trinajstić information content (AvgIpc) is 3.42. The van der Waals surface area contributed by atoms with Gasteiger partial charge in [0, 0.05) is 18.5 Å². The van der Waals surface area contributed by atoms with E-state index in [-0.39, 0.29) is 11.8 Å². The van der Waals surface area contributed by atoms with Gasteiger partial charge in [0.05, 0.1) is 28.4 Å². The molecule has 1 aromatic carbocycles. The summed E-state index contributed by atoms with van der Waals surface area (Å²) in [4.78, 5) is 16.6. The molecule has 0 radical (unpaired) electrons. The highest BCUT2D eigenvalue weighted by Gasteiger charge is 2.55. The number of piperidine rings is 1. The second kappa shape index (κ2) is 6.85. The van der Waals surface area contributed by atoms with Crippen LogP contribution in [-0.4, -0.2) is 28.2 Å². The highest BCUT2D eigenvalue weighted by molar-refractivity contribution is 7.12. The zero-order valence-electron chi connectivity index (χ0n) is 16.3. The lowest BCUT2D eigenvalue weighted by Gasteiger charge is -2.48. The number of hydrogen-bond donors (Lipinski definition) is 0. The van der Waals surface area contributed by atoms with Crippen LogP contribution in [0.3, 0.4) is 0 Å². The summed E-state index contributed by atoms with van der Waals surface area (Å²) in [5, 5.41) is 17.1. The molecule has 2 aliphatic rings. The molecule has 4 heterocycles. The van der Waals surface area contributed by atoms with Crippen molar-refractivity contribution in [3.05, 3.63) is 64.0 Å². The van der Waals surface area contributed by atoms with Gasteiger partial charge in [-0.1, -0.05) is 24.3 Å². The summed E-state index contributed by atoms with van der Waals surface area (Å²) in [6, 6.07) is 16.2. The lowest BCUT2D eigenvalue weighted by atomic mass is 9.67. The zero-order chi connectivity index (χ0) is 20.0. The van der Waals surface area contributed by atoms with E-state index in [1.54, 1.807) is 0 Å². The first kappa shape index (κ1) is 18.1. The maximum absolute atomic E-state index is 13.6. The minimum Gasteiger partial charge on any atom is -0.351 e. The molecule has 0 bridgehead atoms. The van der Waals surface area contributed by atoms with Gasteiger partial charge in [-0.15, -0.1) is 11.3 Å². The number of ketones is 1. The van der Waals surface area contributed by atoms with Gasteiger partial charge in [0.2, 0.25) is 0 Å². The predicted octanol–water partition coefficient (Wildman–Crippen LogP) is 4.55. The van der Waals surface area contributed by atoms with Gasteiger partial charge < -0.3 is 4.90 Å². The lowest BCUT2D eigenvalue weighted by molar-refractivity contribution is 0.0803. The van der Waals surface area contributed by atoms with Crippen molar-refractivity contribution in [1.29, 1.82) is 5.26 Å². The van der Waals surface area contributed by atoms with Crippen LogP contribution in [0.4, 0.5) is 5.82 Å². The van der Waals surface area contributed by atoms with Gasteiger partial charge in [0.15, 0.2) is 5.78 Å². The van der Waals surface area contributed by atoms with Crippen LogP contribution in [0.15, 0.2) is 47.8 Å². The number of hydrogen-bond acceptors (Lipinski definition) is 5. The van der Waals surface area contributed by atoms with Crippen molar-refractivity contribution in [1.82, 2.24) is 9.78 Å². The molecular weight excluding hydrogens is 380 g/mol. The molecular formula is C23H22N4OS. The molecule has 2 aliphatic heterocycles. The maximum Gasteiger partial charge on any atom is 0.195 e. The number of fused-ring (bicyclic) bond motifs is 3. The van der Waals surface area contributed by atoms with E-state index in [0.717, 1.165) is 48.6 Å². The quantitative estimate of drug-likeness (QED) is 0.603. The molecule has 1 fully saturated rings. The fourth-order valence-corrected chi connectivity index (χ4v) is 5.67. The third kappa shape index (κ3) is 2.65. The minimum absolute atomic E-state index is 0.0376. The van der Waals surface area contributed by atoms with Gasteiger partial charge in [-0.05, 0) is 49.8 Å². The van der Waals surface area contributed by atoms with Crippen molar-refractivity contribution < 1.29 is 4.79 Å². The Balaban J connectivity index is 1.70. The largest absolute Gasteiger partial charge is 0.351 e. The molecule has 5 rings (SSSR count). The summed E-state index contributed by atoms with van der Waals surface area (Å²) in [5.41, 5.74) is 1.87. The SMILES string of the molecule is Cc1nn(-c2ccccc2)c2c1CC(C#N)(C(=O)c1cccs1)C1CCCCN21. The number of aromatic nitrogens is 2. The summed E-state index contributed by atoms with van der Waals surface area (Å²) < 4.78 is 2.00. The first-order chi connectivity index (χ1) is 14.2. The van der Waals surface area contributed by atoms with Crippen molar-refractivity contribution >= 4 is 22.9 Å². The summed E-state index contributed by atoms with van der Waals surface area (Å²) in [6.45, 7) is 2.83. The average molecular weight is 403 g/mol. The number of thiophene rings is 1. The maximum atomic E-state index is 13.6. The van der Waals surface area contributed by atoms with Crippen LogP contribution in [0, 0.1) is 23.7 Å². The van der Waals surface area contributed by atoms with E-state index >= 15 is 0 Å². The fraction of sp³-hybridized carbons (Fsp3) is 0.348. The summed E-state index contributed by atoms with van der Waals surface area (Å²) >= 11 is 1.43. The molecule has 0 N–H and O–H groups in total. The molecule has 0 saturated carbocycles. The summed E-state index contributed by atoms with van der Waals surface area (Å²) in [5.74, 6) is 1.02. The Hall–Kier alpha value is -2.91. The number of para-hydroxylation sites is 1. The number of nitriles is 1. The Bertz CT molecular complexity index is 1100. The van der Waals surface area contributed by atoms with E-state index in [2.05, 4.69) is 23.1 Å². The first-order valence-electron chi connectivity index (χ1n) is 10.1. The Morgan fingerprint density at radius 1 is 1.24 bits per heavy atom. The fourth-order valence-electron chi connectivity index (χ4n) is 4.92. The van der Waals surface area contributed by atoms with Crippen LogP contribution < -0.4 is 4.90 Å². The normalized spacial score (nSPS) is 23.2. The van der Waals surface area contributed by atoms with Crippen molar-refractivity contribution in [2.75, 3.05) is 11.4 Å². The molecule has 2 unspecified atom stereocenters. The second-order valence-corrected chi connectivity index (χ2v) is 8.85. The zero-order valence-corrected chi connectivity index (χ0v) is 17.2. The van der Waals surface area contributed by atoms with Crippen LogP contribution in [0.2, 0.25) is 0 Å². The van der Waals surface area contributed by atoms with Gasteiger partial charge in [0.1, 0.15) is 11.2 Å². The van der Waals surface area contributed by atoms with Gasteiger partial charge >= 0.3 is 0 Å². The molecule has 3 aromatic rings. The Morgan fingerprint density at radius 3 is 2.79 bits per heavy atom. The third-order valence-corrected chi connectivity index (χ3v) is 7.18. The van der Waals surface area contributed by atoms with Gasteiger partial charge in [-0.3, -0.25) is 4.79 Å². The van der Waals surface area contributed by atoms with Crippen LogP contribution in [0.1, 0.15) is 40.2 Å². The molecule has 29 heavy (non-hydrogen) atoms. The van der Waals surface area contributed by atoms with E-state index < -0.39 is 5.41 Å².